The summed E-state index contributed by atoms with van der Waals surface area (Å²) in [5.41, 5.74) is 3.99. The van der Waals surface area contributed by atoms with Crippen LogP contribution in [0.2, 0.25) is 0 Å². The van der Waals surface area contributed by atoms with Crippen LogP contribution in [0.3, 0.4) is 0 Å². The van der Waals surface area contributed by atoms with E-state index in [9.17, 15) is 4.79 Å². The Labute approximate surface area is 152 Å². The highest BCUT2D eigenvalue weighted by Gasteiger charge is 2.13. The first-order chi connectivity index (χ1) is 12.7. The van der Waals surface area contributed by atoms with Crippen LogP contribution >= 0.6 is 0 Å². The van der Waals surface area contributed by atoms with Gasteiger partial charge in [-0.25, -0.2) is 4.98 Å². The Hall–Kier alpha value is -2.89. The largest absolute Gasteiger partial charge is 0.334 e. The van der Waals surface area contributed by atoms with Crippen LogP contribution in [0.5, 0.6) is 0 Å². The molecule has 134 valence electrons. The van der Waals surface area contributed by atoms with Crippen LogP contribution in [0, 0.1) is 6.92 Å². The number of nitrogens with zero attached hydrogens (tertiary/aromatic N) is 4. The lowest BCUT2D eigenvalue weighted by atomic mass is 10.1. The first kappa shape index (κ1) is 16.6. The first-order valence-corrected chi connectivity index (χ1v) is 9.13. The van der Waals surface area contributed by atoms with E-state index < -0.39 is 0 Å². The molecule has 3 aromatic rings. The maximum atomic E-state index is 12.1. The molecule has 1 amide bonds. The Morgan fingerprint density at radius 3 is 2.77 bits per heavy atom. The summed E-state index contributed by atoms with van der Waals surface area (Å²) in [6, 6.07) is 7.90. The van der Waals surface area contributed by atoms with Crippen molar-refractivity contribution >= 4 is 11.6 Å². The Morgan fingerprint density at radius 2 is 2.04 bits per heavy atom. The molecule has 26 heavy (non-hydrogen) atoms. The minimum absolute atomic E-state index is 0.0108. The molecule has 1 aromatic carbocycles. The third-order valence-corrected chi connectivity index (χ3v) is 4.70. The van der Waals surface area contributed by atoms with Crippen molar-refractivity contribution in [1.82, 2.24) is 19.3 Å². The van der Waals surface area contributed by atoms with Crippen LogP contribution in [-0.4, -0.2) is 25.2 Å². The molecule has 1 aliphatic rings. The first-order valence-electron chi connectivity index (χ1n) is 9.13. The van der Waals surface area contributed by atoms with E-state index in [-0.39, 0.29) is 5.91 Å². The van der Waals surface area contributed by atoms with Crippen LogP contribution in [-0.2, 0) is 24.3 Å². The normalized spacial score (nSPS) is 13.4. The molecule has 0 unspecified atom stereocenters. The van der Waals surface area contributed by atoms with Gasteiger partial charge in [-0.15, -0.1) is 0 Å². The zero-order chi connectivity index (χ0) is 17.9. The number of benzene rings is 1. The second-order valence-corrected chi connectivity index (χ2v) is 6.85. The van der Waals surface area contributed by atoms with Crippen molar-refractivity contribution in [3.8, 4) is 11.3 Å². The Kier molecular flexibility index (Phi) is 4.56. The number of carbonyl (C=O) groups excluding carboxylic acids is 1. The fourth-order valence-electron chi connectivity index (χ4n) is 3.30. The summed E-state index contributed by atoms with van der Waals surface area (Å²) in [6.45, 7) is 3.63. The number of anilines is 1. The van der Waals surface area contributed by atoms with Gasteiger partial charge >= 0.3 is 0 Å². The van der Waals surface area contributed by atoms with Crippen LogP contribution in [0.4, 0.5) is 5.69 Å². The van der Waals surface area contributed by atoms with Gasteiger partial charge in [-0.2, -0.15) is 5.10 Å². The lowest BCUT2D eigenvalue weighted by molar-refractivity contribution is -0.116. The van der Waals surface area contributed by atoms with Crippen molar-refractivity contribution in [2.24, 2.45) is 0 Å². The molecule has 0 saturated heterocycles. The van der Waals surface area contributed by atoms with Gasteiger partial charge in [-0.1, -0.05) is 12.1 Å². The van der Waals surface area contributed by atoms with Crippen molar-refractivity contribution in [2.45, 2.75) is 45.7 Å². The smallest absolute Gasteiger partial charge is 0.226 e. The maximum Gasteiger partial charge on any atom is 0.226 e. The highest BCUT2D eigenvalue weighted by molar-refractivity contribution is 5.90. The van der Waals surface area contributed by atoms with Crippen molar-refractivity contribution < 1.29 is 4.79 Å². The van der Waals surface area contributed by atoms with E-state index in [0.29, 0.717) is 13.0 Å². The van der Waals surface area contributed by atoms with E-state index in [1.54, 1.807) is 10.9 Å². The van der Waals surface area contributed by atoms with Crippen LogP contribution < -0.4 is 5.32 Å². The monoisotopic (exact) mass is 349 g/mol. The number of aromatic nitrogens is 4. The molecule has 0 spiro atoms. The summed E-state index contributed by atoms with van der Waals surface area (Å²) in [4.78, 5) is 16.9. The second-order valence-electron chi connectivity index (χ2n) is 6.85. The zero-order valence-corrected chi connectivity index (χ0v) is 15.0. The Balaban J connectivity index is 1.36. The van der Waals surface area contributed by atoms with E-state index in [1.165, 1.54) is 18.7 Å². The third kappa shape index (κ3) is 3.69. The molecule has 0 saturated carbocycles. The molecule has 1 aliphatic heterocycles. The van der Waals surface area contributed by atoms with Crippen LogP contribution in [0.25, 0.3) is 11.3 Å². The lowest BCUT2D eigenvalue weighted by Crippen LogP contribution is -2.14. The average molecular weight is 349 g/mol. The van der Waals surface area contributed by atoms with Crippen molar-refractivity contribution in [3.63, 3.8) is 0 Å². The average Bonchev–Trinajstić information content (AvgIpc) is 3.26. The van der Waals surface area contributed by atoms with E-state index in [1.807, 2.05) is 37.4 Å². The molecule has 6 heteroatoms. The molecule has 2 aromatic heterocycles. The molecule has 3 heterocycles. The summed E-state index contributed by atoms with van der Waals surface area (Å²) in [6.07, 6.45) is 9.77. The lowest BCUT2D eigenvalue weighted by Gasteiger charge is -2.11. The quantitative estimate of drug-likeness (QED) is 0.767. The fourth-order valence-corrected chi connectivity index (χ4v) is 3.30. The summed E-state index contributed by atoms with van der Waals surface area (Å²) < 4.78 is 4.05. The third-order valence-electron chi connectivity index (χ3n) is 4.70. The van der Waals surface area contributed by atoms with Gasteiger partial charge in [0.2, 0.25) is 5.91 Å². The SMILES string of the molecule is Cc1cnn(CCC(=O)Nc2ccc(-c3cn4c(n3)CCCC4)cc2)c1. The molecule has 4 rings (SSSR count). The van der Waals surface area contributed by atoms with Gasteiger partial charge in [-0.3, -0.25) is 9.48 Å². The number of rotatable bonds is 5. The van der Waals surface area contributed by atoms with Crippen molar-refractivity contribution in [1.29, 1.82) is 0 Å². The minimum atomic E-state index is -0.0108. The molecule has 0 aliphatic carbocycles. The van der Waals surface area contributed by atoms with E-state index in [4.69, 9.17) is 4.98 Å². The van der Waals surface area contributed by atoms with Gasteiger partial charge in [0.05, 0.1) is 11.9 Å². The number of nitrogens with one attached hydrogen (secondary N) is 1. The number of amides is 1. The van der Waals surface area contributed by atoms with Crippen LogP contribution in [0.1, 0.15) is 30.7 Å². The van der Waals surface area contributed by atoms with Crippen molar-refractivity contribution in [2.75, 3.05) is 5.32 Å². The molecular weight excluding hydrogens is 326 g/mol. The molecular formula is C20H23N5O. The molecule has 0 fully saturated rings. The van der Waals surface area contributed by atoms with Crippen molar-refractivity contribution in [3.05, 3.63) is 54.2 Å². The molecule has 0 atom stereocenters. The Morgan fingerprint density at radius 1 is 1.19 bits per heavy atom. The number of imidazole rings is 1. The maximum absolute atomic E-state index is 12.1. The number of hydrogen-bond acceptors (Lipinski definition) is 3. The second kappa shape index (κ2) is 7.15. The highest BCUT2D eigenvalue weighted by Crippen LogP contribution is 2.24. The molecule has 6 nitrogen and oxygen atoms in total. The van der Waals surface area contributed by atoms with E-state index in [2.05, 4.69) is 21.2 Å². The van der Waals surface area contributed by atoms with Crippen LogP contribution in [0.15, 0.2) is 42.9 Å². The van der Waals surface area contributed by atoms with Gasteiger partial charge in [0.15, 0.2) is 0 Å². The molecule has 0 radical (unpaired) electrons. The standard InChI is InChI=1S/C20H23N5O/c1-15-12-21-25(13-15)11-9-20(26)22-17-7-5-16(6-8-17)18-14-24-10-3-2-4-19(24)23-18/h5-8,12-14H,2-4,9-11H2,1H3,(H,22,26). The topological polar surface area (TPSA) is 64.7 Å². The van der Waals surface area contributed by atoms with Gasteiger partial charge in [0.1, 0.15) is 5.82 Å². The minimum Gasteiger partial charge on any atom is -0.334 e. The van der Waals surface area contributed by atoms with Gasteiger partial charge in [-0.05, 0) is 37.5 Å². The molecule has 1 N–H and O–H groups in total. The van der Waals surface area contributed by atoms with Gasteiger partial charge in [0.25, 0.3) is 0 Å². The number of carbonyl (C=O) groups is 1. The fraction of sp³-hybridized carbons (Fsp3) is 0.350. The molecule has 0 bridgehead atoms. The summed E-state index contributed by atoms with van der Waals surface area (Å²) in [5, 5.41) is 7.14. The number of aryl methyl sites for hydroxylation is 4. The zero-order valence-electron chi connectivity index (χ0n) is 15.0. The van der Waals surface area contributed by atoms with Gasteiger partial charge in [0, 0.05) is 49.6 Å². The summed E-state index contributed by atoms with van der Waals surface area (Å²) in [5.74, 6) is 1.17. The predicted molar refractivity (Wildman–Crippen MR) is 101 cm³/mol. The number of hydrogen-bond donors (Lipinski definition) is 1. The number of fused-ring (bicyclic) bond motifs is 1. The summed E-state index contributed by atoms with van der Waals surface area (Å²) >= 11 is 0. The van der Waals surface area contributed by atoms with Gasteiger partial charge < -0.3 is 9.88 Å². The highest BCUT2D eigenvalue weighted by atomic mass is 16.1. The summed E-state index contributed by atoms with van der Waals surface area (Å²) in [7, 11) is 0. The van der Waals surface area contributed by atoms with E-state index >= 15 is 0 Å². The Bertz CT molecular complexity index is 883. The van der Waals surface area contributed by atoms with E-state index in [0.717, 1.165) is 35.5 Å². The predicted octanol–water partition coefficient (Wildman–Crippen LogP) is 3.42.